The third kappa shape index (κ3) is 3.39. The molecule has 0 saturated heterocycles. The zero-order chi connectivity index (χ0) is 24.9. The van der Waals surface area contributed by atoms with E-state index in [0.717, 1.165) is 12.8 Å². The molecule has 0 spiro atoms. The Morgan fingerprint density at radius 3 is 2.47 bits per heavy atom. The van der Waals surface area contributed by atoms with Crippen LogP contribution in [0.2, 0.25) is 0 Å². The van der Waals surface area contributed by atoms with Gasteiger partial charge in [-0.15, -0.1) is 0 Å². The van der Waals surface area contributed by atoms with Gasteiger partial charge in [-0.25, -0.2) is 0 Å². The Morgan fingerprint density at radius 1 is 0.944 bits per heavy atom. The third-order valence-corrected chi connectivity index (χ3v) is 7.98. The number of hydrogen-bond donors (Lipinski definition) is 1. The van der Waals surface area contributed by atoms with E-state index in [-0.39, 0.29) is 11.5 Å². The molecule has 0 amide bonds. The Balaban J connectivity index is 1.59. The van der Waals surface area contributed by atoms with Gasteiger partial charge in [-0.2, -0.15) is 0 Å². The van der Waals surface area contributed by atoms with Crippen LogP contribution in [0.1, 0.15) is 51.7 Å². The first kappa shape index (κ1) is 22.7. The molecule has 0 saturated carbocycles. The predicted octanol–water partition coefficient (Wildman–Crippen LogP) is 9.11. The maximum atomic E-state index is 3.91. The van der Waals surface area contributed by atoms with Crippen LogP contribution in [-0.2, 0) is 5.41 Å². The lowest BCUT2D eigenvalue weighted by atomic mass is 9.76. The van der Waals surface area contributed by atoms with E-state index in [1.165, 1.54) is 55.5 Å². The Morgan fingerprint density at radius 2 is 1.75 bits per heavy atom. The first-order valence-electron chi connectivity index (χ1n) is 13.1. The van der Waals surface area contributed by atoms with Crippen LogP contribution < -0.4 is 5.32 Å². The fourth-order valence-corrected chi connectivity index (χ4v) is 6.27. The Labute approximate surface area is 214 Å². The molecule has 180 valence electrons. The second-order valence-corrected chi connectivity index (χ2v) is 10.5. The minimum atomic E-state index is -0.0571. The van der Waals surface area contributed by atoms with Gasteiger partial charge in [0.2, 0.25) is 0 Å². The monoisotopic (exact) mass is 470 g/mol. The largest absolute Gasteiger partial charge is 0.377 e. The van der Waals surface area contributed by atoms with E-state index >= 15 is 0 Å². The lowest BCUT2D eigenvalue weighted by Gasteiger charge is -2.30. The van der Waals surface area contributed by atoms with Crippen molar-refractivity contribution in [2.75, 3.05) is 5.32 Å². The van der Waals surface area contributed by atoms with Crippen LogP contribution in [0.5, 0.6) is 0 Å². The zero-order valence-electron chi connectivity index (χ0n) is 21.7. The summed E-state index contributed by atoms with van der Waals surface area (Å²) in [6.45, 7) is 8.97. The summed E-state index contributed by atoms with van der Waals surface area (Å²) >= 11 is 0. The standard InChI is InChI=1S/C34H34N2/c1-5-12-23(6-2)24-17-19-26(20-18-24)36-30-16-11-10-15-27(30)28-21-22-29-31(32(28)36)34(3,4)33(35-29)25-13-8-7-9-14-25/h5-6,8,10-22,33,35H,7,9H2,1-4H3/b12-5-,23-6+. The predicted molar refractivity (Wildman–Crippen MR) is 156 cm³/mol. The van der Waals surface area contributed by atoms with Gasteiger partial charge in [-0.3, -0.25) is 0 Å². The van der Waals surface area contributed by atoms with E-state index in [0.29, 0.717) is 0 Å². The molecule has 0 radical (unpaired) electrons. The number of hydrogen-bond acceptors (Lipinski definition) is 1. The average molecular weight is 471 g/mol. The van der Waals surface area contributed by atoms with Gasteiger partial charge in [0.25, 0.3) is 0 Å². The number of para-hydroxylation sites is 1. The SMILES string of the molecule is C/C=C\C(=C/C)c1ccc(-n2c3ccccc3c3ccc4c(c32)C(C)(C)C(C2=CCCC=C2)N4)cc1. The number of aromatic nitrogens is 1. The fraction of sp³-hybridized carbons (Fsp3) is 0.235. The van der Waals surface area contributed by atoms with E-state index in [4.69, 9.17) is 0 Å². The molecule has 6 rings (SSSR count). The molecule has 2 aliphatic rings. The van der Waals surface area contributed by atoms with Gasteiger partial charge in [0.15, 0.2) is 0 Å². The van der Waals surface area contributed by atoms with Crippen molar-refractivity contribution in [2.45, 2.75) is 52.0 Å². The van der Waals surface area contributed by atoms with Crippen molar-refractivity contribution in [3.8, 4) is 5.69 Å². The van der Waals surface area contributed by atoms with Crippen LogP contribution in [0.4, 0.5) is 5.69 Å². The second kappa shape index (κ2) is 8.71. The number of nitrogens with one attached hydrogen (secondary N) is 1. The van der Waals surface area contributed by atoms with Crippen molar-refractivity contribution in [2.24, 2.45) is 0 Å². The number of benzene rings is 3. The van der Waals surface area contributed by atoms with E-state index in [1.807, 2.05) is 0 Å². The lowest BCUT2D eigenvalue weighted by Crippen LogP contribution is -2.35. The molecule has 1 aliphatic carbocycles. The summed E-state index contributed by atoms with van der Waals surface area (Å²) in [6.07, 6.45) is 15.8. The van der Waals surface area contributed by atoms with Crippen LogP contribution in [0.15, 0.2) is 103 Å². The minimum Gasteiger partial charge on any atom is -0.377 e. The molecule has 1 N–H and O–H groups in total. The van der Waals surface area contributed by atoms with Gasteiger partial charge < -0.3 is 9.88 Å². The first-order chi connectivity index (χ1) is 17.5. The molecule has 36 heavy (non-hydrogen) atoms. The first-order valence-corrected chi connectivity index (χ1v) is 13.1. The van der Waals surface area contributed by atoms with E-state index < -0.39 is 0 Å². The summed E-state index contributed by atoms with van der Waals surface area (Å²) in [7, 11) is 0. The van der Waals surface area contributed by atoms with E-state index in [2.05, 4.69) is 135 Å². The molecule has 0 fully saturated rings. The van der Waals surface area contributed by atoms with Crippen molar-refractivity contribution in [3.63, 3.8) is 0 Å². The summed E-state index contributed by atoms with van der Waals surface area (Å²) in [5, 5.41) is 6.53. The molecular weight excluding hydrogens is 436 g/mol. The van der Waals surface area contributed by atoms with Gasteiger partial charge >= 0.3 is 0 Å². The maximum Gasteiger partial charge on any atom is 0.0603 e. The molecule has 1 aromatic heterocycles. The number of allylic oxidation sites excluding steroid dienone is 6. The molecule has 2 heterocycles. The molecule has 0 bridgehead atoms. The molecule has 2 heteroatoms. The molecule has 4 aromatic rings. The highest BCUT2D eigenvalue weighted by Gasteiger charge is 2.43. The smallest absolute Gasteiger partial charge is 0.0603 e. The average Bonchev–Trinajstić information content (AvgIpc) is 3.39. The third-order valence-electron chi connectivity index (χ3n) is 7.98. The second-order valence-electron chi connectivity index (χ2n) is 10.5. The van der Waals surface area contributed by atoms with E-state index in [9.17, 15) is 0 Å². The van der Waals surface area contributed by atoms with Crippen LogP contribution >= 0.6 is 0 Å². The van der Waals surface area contributed by atoms with Crippen LogP contribution in [0.3, 0.4) is 0 Å². The van der Waals surface area contributed by atoms with Crippen LogP contribution in [0.25, 0.3) is 33.1 Å². The highest BCUT2D eigenvalue weighted by atomic mass is 15.0. The van der Waals surface area contributed by atoms with Crippen molar-refractivity contribution < 1.29 is 0 Å². The molecule has 2 nitrogen and oxygen atoms in total. The molecule has 3 aromatic carbocycles. The Kier molecular flexibility index (Phi) is 5.48. The zero-order valence-corrected chi connectivity index (χ0v) is 21.7. The topological polar surface area (TPSA) is 17.0 Å². The summed E-state index contributed by atoms with van der Waals surface area (Å²) in [4.78, 5) is 0. The summed E-state index contributed by atoms with van der Waals surface area (Å²) in [6, 6.07) is 22.7. The number of rotatable bonds is 4. The van der Waals surface area contributed by atoms with Crippen molar-refractivity contribution in [3.05, 3.63) is 114 Å². The van der Waals surface area contributed by atoms with Crippen molar-refractivity contribution >= 4 is 33.1 Å². The quantitative estimate of drug-likeness (QED) is 0.294. The summed E-state index contributed by atoms with van der Waals surface area (Å²) < 4.78 is 2.48. The van der Waals surface area contributed by atoms with E-state index in [1.54, 1.807) is 0 Å². The van der Waals surface area contributed by atoms with Crippen LogP contribution in [0, 0.1) is 0 Å². The maximum absolute atomic E-state index is 3.91. The van der Waals surface area contributed by atoms with Crippen molar-refractivity contribution in [1.82, 2.24) is 4.57 Å². The Bertz CT molecular complexity index is 1590. The minimum absolute atomic E-state index is 0.0571. The molecule has 1 aliphatic heterocycles. The number of anilines is 1. The normalized spacial score (nSPS) is 19.2. The molecule has 1 atom stereocenters. The molecule has 1 unspecified atom stereocenters. The molecular formula is C34H34N2. The van der Waals surface area contributed by atoms with Crippen LogP contribution in [-0.4, -0.2) is 10.6 Å². The highest BCUT2D eigenvalue weighted by molar-refractivity contribution is 6.12. The number of fused-ring (bicyclic) bond motifs is 5. The van der Waals surface area contributed by atoms with Gasteiger partial charge in [-0.1, -0.05) is 86.7 Å². The lowest BCUT2D eigenvalue weighted by molar-refractivity contribution is 0.507. The van der Waals surface area contributed by atoms with Gasteiger partial charge in [0.05, 0.1) is 17.1 Å². The Hall–Kier alpha value is -3.78. The number of nitrogens with zero attached hydrogens (tertiary/aromatic N) is 1. The summed E-state index contributed by atoms with van der Waals surface area (Å²) in [5.41, 5.74) is 10.3. The van der Waals surface area contributed by atoms with Gasteiger partial charge in [-0.05, 0) is 67.7 Å². The summed E-state index contributed by atoms with van der Waals surface area (Å²) in [5.74, 6) is 0. The van der Waals surface area contributed by atoms with Crippen molar-refractivity contribution in [1.29, 1.82) is 0 Å². The highest BCUT2D eigenvalue weighted by Crippen LogP contribution is 2.49. The fourth-order valence-electron chi connectivity index (χ4n) is 6.27. The van der Waals surface area contributed by atoms with Gasteiger partial charge in [0.1, 0.15) is 0 Å². The van der Waals surface area contributed by atoms with Gasteiger partial charge in [0, 0.05) is 33.1 Å².